The maximum Gasteiger partial charge on any atom is 0.173 e. The molecule has 0 saturated carbocycles. The average Bonchev–Trinajstić information content (AvgIpc) is 3.15. The first kappa shape index (κ1) is 17.4. The van der Waals surface area contributed by atoms with Gasteiger partial charge in [-0.15, -0.1) is 34.0 Å². The normalized spacial score (nSPS) is 9.00. The van der Waals surface area contributed by atoms with Crippen molar-refractivity contribution >= 4 is 49.9 Å². The molecular formula is C15H17BrOS3. The molecular weight excluding hydrogens is 372 g/mol. The zero-order valence-corrected chi connectivity index (χ0v) is 15.7. The highest BCUT2D eigenvalue weighted by atomic mass is 79.9. The van der Waals surface area contributed by atoms with Crippen molar-refractivity contribution in [2.75, 3.05) is 7.11 Å². The second-order valence-corrected chi connectivity index (χ2v) is 8.44. The van der Waals surface area contributed by atoms with Gasteiger partial charge in [-0.05, 0) is 64.8 Å². The summed E-state index contributed by atoms with van der Waals surface area (Å²) < 4.78 is 6.15. The highest BCUT2D eigenvalue weighted by molar-refractivity contribution is 9.11. The second-order valence-electron chi connectivity index (χ2n) is 3.71. The molecule has 0 saturated heterocycles. The van der Waals surface area contributed by atoms with E-state index in [2.05, 4.69) is 47.3 Å². The first-order chi connectivity index (χ1) is 9.61. The maximum absolute atomic E-state index is 4.95. The molecule has 3 aromatic rings. The van der Waals surface area contributed by atoms with Crippen LogP contribution in [0.2, 0.25) is 0 Å². The Morgan fingerprint density at radius 2 is 1.60 bits per heavy atom. The van der Waals surface area contributed by atoms with Crippen LogP contribution in [0.1, 0.15) is 9.75 Å². The molecule has 0 aliphatic rings. The van der Waals surface area contributed by atoms with Crippen molar-refractivity contribution in [1.82, 2.24) is 0 Å². The fourth-order valence-electron chi connectivity index (χ4n) is 1.14. The third-order valence-corrected chi connectivity index (χ3v) is 5.31. The fourth-order valence-corrected chi connectivity index (χ4v) is 3.26. The summed E-state index contributed by atoms with van der Waals surface area (Å²) in [5.74, 6) is 0. The van der Waals surface area contributed by atoms with Gasteiger partial charge in [0.25, 0.3) is 0 Å². The number of thiophene rings is 3. The summed E-state index contributed by atoms with van der Waals surface area (Å²) >= 11 is 8.44. The molecule has 0 fully saturated rings. The van der Waals surface area contributed by atoms with E-state index in [0.29, 0.717) is 0 Å². The Kier molecular flexibility index (Phi) is 8.85. The number of hydrogen-bond acceptors (Lipinski definition) is 4. The quantitative estimate of drug-likeness (QED) is 0.454. The van der Waals surface area contributed by atoms with Gasteiger partial charge in [-0.25, -0.2) is 0 Å². The number of rotatable bonds is 1. The maximum atomic E-state index is 4.95. The Bertz CT molecular complexity index is 523. The Labute approximate surface area is 141 Å². The molecule has 1 nitrogen and oxygen atoms in total. The van der Waals surface area contributed by atoms with Gasteiger partial charge < -0.3 is 4.74 Å². The molecule has 3 rings (SSSR count). The first-order valence-corrected chi connectivity index (χ1v) is 9.28. The van der Waals surface area contributed by atoms with Crippen LogP contribution in [0.15, 0.2) is 50.9 Å². The summed E-state index contributed by atoms with van der Waals surface area (Å²) in [7, 11) is 1.69. The topological polar surface area (TPSA) is 9.23 Å². The van der Waals surface area contributed by atoms with Gasteiger partial charge in [0.2, 0.25) is 0 Å². The molecule has 0 aromatic carbocycles. The summed E-state index contributed by atoms with van der Waals surface area (Å²) in [6, 6.07) is 12.2. The molecule has 0 N–H and O–H groups in total. The van der Waals surface area contributed by atoms with Crippen molar-refractivity contribution in [3.05, 3.63) is 60.7 Å². The molecule has 0 amide bonds. The van der Waals surface area contributed by atoms with E-state index in [4.69, 9.17) is 4.74 Å². The third kappa shape index (κ3) is 7.85. The number of aryl methyl sites for hydroxylation is 2. The lowest BCUT2D eigenvalue weighted by molar-refractivity contribution is 0.427. The minimum absolute atomic E-state index is 0.988. The predicted octanol–water partition coefficient (Wildman–Crippen LogP) is 6.63. The van der Waals surface area contributed by atoms with Gasteiger partial charge in [-0.1, -0.05) is 12.1 Å². The smallest absolute Gasteiger partial charge is 0.173 e. The number of halogens is 1. The monoisotopic (exact) mass is 388 g/mol. The van der Waals surface area contributed by atoms with Crippen LogP contribution >= 0.6 is 49.9 Å². The molecule has 0 bridgehead atoms. The largest absolute Gasteiger partial charge is 0.487 e. The molecule has 0 atom stereocenters. The predicted molar refractivity (Wildman–Crippen MR) is 96.7 cm³/mol. The standard InChI is InChI=1S/C6H8OS.C5H6S.C4H3BrS/c1-5-3-4-6(7-2)8-5;1-5-3-2-4-6-5;5-4-2-1-3-6-4/h3-4H,1-2H3;2-4H,1H3;1-3H. The average molecular weight is 389 g/mol. The van der Waals surface area contributed by atoms with Gasteiger partial charge >= 0.3 is 0 Å². The van der Waals surface area contributed by atoms with Crippen LogP contribution in [0.5, 0.6) is 5.06 Å². The van der Waals surface area contributed by atoms with Gasteiger partial charge in [-0.3, -0.25) is 0 Å². The van der Waals surface area contributed by atoms with Crippen LogP contribution < -0.4 is 4.74 Å². The summed E-state index contributed by atoms with van der Waals surface area (Å²) in [6.45, 7) is 4.16. The molecule has 3 heterocycles. The van der Waals surface area contributed by atoms with Crippen molar-refractivity contribution in [3.63, 3.8) is 0 Å². The van der Waals surface area contributed by atoms with Crippen molar-refractivity contribution in [2.45, 2.75) is 13.8 Å². The van der Waals surface area contributed by atoms with Crippen LogP contribution in [-0.2, 0) is 0 Å². The van der Waals surface area contributed by atoms with Crippen molar-refractivity contribution in [3.8, 4) is 5.06 Å². The summed E-state index contributed by atoms with van der Waals surface area (Å²) in [5.41, 5.74) is 0. The Hall–Kier alpha value is -0.620. The Balaban J connectivity index is 0.000000152. The lowest BCUT2D eigenvalue weighted by Crippen LogP contribution is -1.73. The van der Waals surface area contributed by atoms with Gasteiger partial charge in [-0.2, -0.15) is 0 Å². The molecule has 0 unspecified atom stereocenters. The zero-order valence-electron chi connectivity index (χ0n) is 11.6. The molecule has 0 aliphatic heterocycles. The minimum Gasteiger partial charge on any atom is -0.487 e. The Morgan fingerprint density at radius 3 is 1.80 bits per heavy atom. The van der Waals surface area contributed by atoms with E-state index >= 15 is 0 Å². The lowest BCUT2D eigenvalue weighted by atomic mass is 10.5. The van der Waals surface area contributed by atoms with Gasteiger partial charge in [0.15, 0.2) is 5.06 Å². The molecule has 5 heteroatoms. The molecule has 3 aromatic heterocycles. The van der Waals surface area contributed by atoms with Gasteiger partial charge in [0, 0.05) is 9.75 Å². The van der Waals surface area contributed by atoms with E-state index in [1.807, 2.05) is 29.6 Å². The first-order valence-electron chi connectivity index (χ1n) is 5.91. The van der Waals surface area contributed by atoms with Crippen LogP contribution in [-0.4, -0.2) is 7.11 Å². The van der Waals surface area contributed by atoms with E-state index < -0.39 is 0 Å². The van der Waals surface area contributed by atoms with E-state index in [1.165, 1.54) is 13.5 Å². The van der Waals surface area contributed by atoms with Gasteiger partial charge in [0.1, 0.15) is 0 Å². The third-order valence-electron chi connectivity index (χ3n) is 2.07. The summed E-state index contributed by atoms with van der Waals surface area (Å²) in [4.78, 5) is 2.68. The lowest BCUT2D eigenvalue weighted by Gasteiger charge is -1.87. The SMILES string of the molecule is Brc1cccs1.COc1ccc(C)s1.Cc1cccs1. The molecule has 0 radical (unpaired) electrons. The van der Waals surface area contributed by atoms with Crippen molar-refractivity contribution in [1.29, 1.82) is 0 Å². The molecule has 108 valence electrons. The van der Waals surface area contributed by atoms with E-state index in [9.17, 15) is 0 Å². The van der Waals surface area contributed by atoms with Crippen LogP contribution in [0.25, 0.3) is 0 Å². The molecule has 0 spiro atoms. The zero-order chi connectivity index (χ0) is 14.8. The van der Waals surface area contributed by atoms with Crippen molar-refractivity contribution < 1.29 is 4.74 Å². The second kappa shape index (κ2) is 10.2. The molecule has 20 heavy (non-hydrogen) atoms. The van der Waals surface area contributed by atoms with E-state index in [-0.39, 0.29) is 0 Å². The summed E-state index contributed by atoms with van der Waals surface area (Å²) in [6.07, 6.45) is 0. The highest BCUT2D eigenvalue weighted by Gasteiger charge is 1.90. The Morgan fingerprint density at radius 1 is 0.900 bits per heavy atom. The number of methoxy groups -OCH3 is 1. The van der Waals surface area contributed by atoms with E-state index in [1.54, 1.807) is 41.1 Å². The van der Waals surface area contributed by atoms with Crippen LogP contribution in [0.3, 0.4) is 0 Å². The van der Waals surface area contributed by atoms with Crippen molar-refractivity contribution in [2.24, 2.45) is 0 Å². The summed E-state index contributed by atoms with van der Waals surface area (Å²) in [5, 5.41) is 5.10. The van der Waals surface area contributed by atoms with Gasteiger partial charge in [0.05, 0.1) is 10.9 Å². The van der Waals surface area contributed by atoms with Crippen LogP contribution in [0.4, 0.5) is 0 Å². The van der Waals surface area contributed by atoms with E-state index in [0.717, 1.165) is 5.06 Å². The molecule has 0 aliphatic carbocycles. The fraction of sp³-hybridized carbons (Fsp3) is 0.200. The van der Waals surface area contributed by atoms with Crippen LogP contribution in [0, 0.1) is 13.8 Å². The highest BCUT2D eigenvalue weighted by Crippen LogP contribution is 2.22. The minimum atomic E-state index is 0.988. The number of hydrogen-bond donors (Lipinski definition) is 0. The number of ether oxygens (including phenoxy) is 1.